The number of hydrogen-bond acceptors (Lipinski definition) is 5. The molecule has 0 N–H and O–H groups in total. The van der Waals surface area contributed by atoms with Gasteiger partial charge in [-0.1, -0.05) is 36.7 Å². The molecular weight excluding hydrogens is 718 g/mol. The van der Waals surface area contributed by atoms with Crippen molar-refractivity contribution in [1.82, 2.24) is 4.90 Å². The highest BCUT2D eigenvalue weighted by Gasteiger charge is 2.74. The first kappa shape index (κ1) is 36.1. The number of benzene rings is 3. The molecule has 2 aliphatic rings. The Labute approximate surface area is 275 Å². The van der Waals surface area contributed by atoms with Gasteiger partial charge in [-0.3, -0.25) is 4.79 Å². The van der Waals surface area contributed by atoms with Crippen LogP contribution < -0.4 is 0 Å². The van der Waals surface area contributed by atoms with Crippen molar-refractivity contribution in [2.45, 2.75) is 64.8 Å². The number of likely N-dealkylation sites (tertiary alicyclic amines) is 1. The van der Waals surface area contributed by atoms with Crippen LogP contribution in [0.25, 0.3) is 0 Å². The van der Waals surface area contributed by atoms with Crippen LogP contribution in [0.5, 0.6) is 0 Å². The summed E-state index contributed by atoms with van der Waals surface area (Å²) < 4.78 is 163. The van der Waals surface area contributed by atoms with Crippen molar-refractivity contribution in [1.29, 1.82) is 0 Å². The van der Waals surface area contributed by atoms with Crippen LogP contribution in [0.2, 0.25) is 5.02 Å². The summed E-state index contributed by atoms with van der Waals surface area (Å²) in [6, 6.07) is 8.77. The first-order valence-corrected chi connectivity index (χ1v) is 17.8. The van der Waals surface area contributed by atoms with Crippen molar-refractivity contribution in [2.75, 3.05) is 12.3 Å². The maximum atomic E-state index is 15.0. The zero-order valence-corrected chi connectivity index (χ0v) is 27.1. The summed E-state index contributed by atoms with van der Waals surface area (Å²) >= 11 is 5.84. The van der Waals surface area contributed by atoms with Gasteiger partial charge in [0.25, 0.3) is 0 Å². The van der Waals surface area contributed by atoms with E-state index < -0.39 is 88.8 Å². The second-order valence-electron chi connectivity index (χ2n) is 11.8. The monoisotopic (exact) mass is 743 g/mol. The summed E-state index contributed by atoms with van der Waals surface area (Å²) in [4.78, 5) is 14.4. The molecule has 3 atom stereocenters. The Balaban J connectivity index is 1.61. The number of fused-ring (bicyclic) bond motifs is 3. The number of rotatable bonds is 7. The third kappa shape index (κ3) is 5.66. The normalized spacial score (nSPS) is 21.0. The average molecular weight is 744 g/mol. The molecule has 0 bridgehead atoms. The lowest BCUT2D eigenvalue weighted by molar-refractivity contribution is -0.348. The SMILES string of the molecule is CC(CS(=O)(=O)c1ccc(Cl)cc1)C(=O)N1CC[C@@]2(S(=O)(=O)c3ccc(F)cc3)c3ccc(C(F)(C(F)(F)F)C(F)(F)F)cc3CC[C@@H]12. The van der Waals surface area contributed by atoms with Crippen molar-refractivity contribution in [3.05, 3.63) is 94.3 Å². The van der Waals surface area contributed by atoms with Crippen LogP contribution in [-0.2, 0) is 41.3 Å². The molecule has 48 heavy (non-hydrogen) atoms. The number of aryl methyl sites for hydroxylation is 1. The highest BCUT2D eigenvalue weighted by molar-refractivity contribution is 7.92. The number of carbonyl (C=O) groups is 1. The Kier molecular flexibility index (Phi) is 8.99. The molecule has 1 heterocycles. The van der Waals surface area contributed by atoms with Gasteiger partial charge in [-0.05, 0) is 78.9 Å². The summed E-state index contributed by atoms with van der Waals surface area (Å²) in [5.41, 5.74) is -8.11. The fourth-order valence-corrected chi connectivity index (χ4v) is 10.8. The zero-order valence-electron chi connectivity index (χ0n) is 24.7. The molecule has 3 aromatic rings. The fraction of sp³-hybridized carbons (Fsp3) is 0.387. The molecule has 1 aliphatic carbocycles. The van der Waals surface area contributed by atoms with Crippen LogP contribution in [0.3, 0.4) is 0 Å². The van der Waals surface area contributed by atoms with Crippen molar-refractivity contribution >= 4 is 37.2 Å². The van der Waals surface area contributed by atoms with E-state index in [9.17, 15) is 52.4 Å². The molecule has 0 radical (unpaired) electrons. The highest BCUT2D eigenvalue weighted by Crippen LogP contribution is 2.56. The van der Waals surface area contributed by atoms with Gasteiger partial charge in [0, 0.05) is 23.0 Å². The average Bonchev–Trinajstić information content (AvgIpc) is 3.41. The van der Waals surface area contributed by atoms with Crippen molar-refractivity contribution in [2.24, 2.45) is 5.92 Å². The van der Waals surface area contributed by atoms with Crippen LogP contribution in [0.1, 0.15) is 36.5 Å². The minimum Gasteiger partial charge on any atom is -0.337 e. The van der Waals surface area contributed by atoms with E-state index in [0.717, 1.165) is 29.2 Å². The molecule has 0 aromatic heterocycles. The zero-order chi connectivity index (χ0) is 35.7. The lowest BCUT2D eigenvalue weighted by Gasteiger charge is -2.43. The lowest BCUT2D eigenvalue weighted by atomic mass is 9.76. The summed E-state index contributed by atoms with van der Waals surface area (Å²) in [5, 5.41) is 0.271. The molecule has 3 aromatic carbocycles. The Morgan fingerprint density at radius 2 is 1.46 bits per heavy atom. The molecule has 1 saturated heterocycles. The van der Waals surface area contributed by atoms with Gasteiger partial charge in [-0.2, -0.15) is 26.3 Å². The van der Waals surface area contributed by atoms with E-state index in [1.54, 1.807) is 0 Å². The third-order valence-electron chi connectivity index (χ3n) is 9.02. The quantitative estimate of drug-likeness (QED) is 0.191. The lowest BCUT2D eigenvalue weighted by Crippen LogP contribution is -2.53. The van der Waals surface area contributed by atoms with Gasteiger partial charge < -0.3 is 4.90 Å². The topological polar surface area (TPSA) is 88.6 Å². The Morgan fingerprint density at radius 1 is 0.896 bits per heavy atom. The van der Waals surface area contributed by atoms with E-state index in [1.807, 2.05) is 0 Å². The summed E-state index contributed by atoms with van der Waals surface area (Å²) in [6.45, 7) is 1.04. The van der Waals surface area contributed by atoms with E-state index >= 15 is 4.39 Å². The van der Waals surface area contributed by atoms with Gasteiger partial charge in [-0.25, -0.2) is 25.6 Å². The first-order chi connectivity index (χ1) is 22.1. The smallest absolute Gasteiger partial charge is 0.337 e. The number of alkyl halides is 7. The van der Waals surface area contributed by atoms with Crippen molar-refractivity contribution in [3.63, 3.8) is 0 Å². The predicted molar refractivity (Wildman–Crippen MR) is 158 cm³/mol. The van der Waals surface area contributed by atoms with Crippen LogP contribution in [-0.4, -0.2) is 58.3 Å². The maximum absolute atomic E-state index is 15.0. The van der Waals surface area contributed by atoms with Crippen LogP contribution in [0.4, 0.5) is 35.1 Å². The molecule has 1 unspecified atom stereocenters. The van der Waals surface area contributed by atoms with Gasteiger partial charge in [0.05, 0.1) is 21.6 Å². The maximum Gasteiger partial charge on any atom is 0.435 e. The number of sulfone groups is 2. The molecule has 5 rings (SSSR count). The summed E-state index contributed by atoms with van der Waals surface area (Å²) in [5.74, 6) is -3.45. The third-order valence-corrected chi connectivity index (χ3v) is 13.7. The van der Waals surface area contributed by atoms with Crippen molar-refractivity contribution < 1.29 is 56.8 Å². The molecule has 0 spiro atoms. The van der Waals surface area contributed by atoms with E-state index in [-0.39, 0.29) is 46.5 Å². The summed E-state index contributed by atoms with van der Waals surface area (Å²) in [6.07, 6.45) is -13.9. The standard InChI is InChI=1S/C31H26ClF8NO5S2/c1-18(17-47(43,44)23-8-4-21(32)5-9-23)27(42)41-15-14-28(48(45,46)24-10-6-22(33)7-11-24)25-12-3-20(16-19(25)2-13-26(28)41)29(34,30(35,36)37)31(38,39)40/h3-12,16,18,26H,2,13-15,17H2,1H3/t18?,26-,28-/m1/s1. The summed E-state index contributed by atoms with van der Waals surface area (Å²) in [7, 11) is -8.74. The number of nitrogens with zero attached hydrogens (tertiary/aromatic N) is 1. The van der Waals surface area contributed by atoms with E-state index in [2.05, 4.69) is 0 Å². The molecule has 1 amide bonds. The Morgan fingerprint density at radius 3 is 2.02 bits per heavy atom. The molecule has 17 heteroatoms. The molecule has 0 saturated carbocycles. The number of carbonyl (C=O) groups excluding carboxylic acids is 1. The highest BCUT2D eigenvalue weighted by atomic mass is 35.5. The van der Waals surface area contributed by atoms with E-state index in [0.29, 0.717) is 12.1 Å². The molecule has 1 fully saturated rings. The van der Waals surface area contributed by atoms with Gasteiger partial charge in [0.1, 0.15) is 10.6 Å². The molecular formula is C31H26ClF8NO5S2. The van der Waals surface area contributed by atoms with Gasteiger partial charge in [0.2, 0.25) is 5.91 Å². The van der Waals surface area contributed by atoms with Crippen molar-refractivity contribution in [3.8, 4) is 0 Å². The minimum atomic E-state index is -6.41. The van der Waals surface area contributed by atoms with E-state index in [1.165, 1.54) is 31.2 Å². The largest absolute Gasteiger partial charge is 0.435 e. The first-order valence-electron chi connectivity index (χ1n) is 14.3. The van der Waals surface area contributed by atoms with Gasteiger partial charge in [-0.15, -0.1) is 0 Å². The molecule has 6 nitrogen and oxygen atoms in total. The molecule has 260 valence electrons. The number of halogens is 9. The van der Waals surface area contributed by atoms with E-state index in [4.69, 9.17) is 11.6 Å². The number of hydrogen-bond donors (Lipinski definition) is 0. The Bertz CT molecular complexity index is 1940. The number of amides is 1. The Hall–Kier alpha value is -3.24. The van der Waals surface area contributed by atoms with Gasteiger partial charge >= 0.3 is 18.0 Å². The van der Waals surface area contributed by atoms with Crippen LogP contribution >= 0.6 is 11.6 Å². The van der Waals surface area contributed by atoms with Crippen LogP contribution in [0.15, 0.2) is 76.5 Å². The second kappa shape index (κ2) is 12.0. The van der Waals surface area contributed by atoms with Gasteiger partial charge in [0.15, 0.2) is 19.7 Å². The van der Waals surface area contributed by atoms with Crippen LogP contribution in [0, 0.1) is 11.7 Å². The fourth-order valence-electron chi connectivity index (χ4n) is 6.74. The minimum absolute atomic E-state index is 0.120. The molecule has 1 aliphatic heterocycles. The second-order valence-corrected chi connectivity index (χ2v) is 16.5. The predicted octanol–water partition coefficient (Wildman–Crippen LogP) is 7.09.